The van der Waals surface area contributed by atoms with Gasteiger partial charge in [-0.15, -0.1) is 0 Å². The van der Waals surface area contributed by atoms with Crippen LogP contribution >= 0.6 is 0 Å². The lowest BCUT2D eigenvalue weighted by atomic mass is 10.0. The average molecular weight is 328 g/mol. The SMILES string of the molecule is CCCc1nc2c(ccc3[nH]cc(/C(C#N)=C/c4cccnc4)c32)o1. The summed E-state index contributed by atoms with van der Waals surface area (Å²) in [5, 5.41) is 10.6. The highest BCUT2D eigenvalue weighted by Crippen LogP contribution is 2.32. The Hall–Kier alpha value is -3.39. The molecule has 0 radical (unpaired) electrons. The van der Waals surface area contributed by atoms with Gasteiger partial charge in [-0.25, -0.2) is 4.98 Å². The van der Waals surface area contributed by atoms with Gasteiger partial charge in [0.25, 0.3) is 0 Å². The van der Waals surface area contributed by atoms with E-state index in [9.17, 15) is 5.26 Å². The molecule has 25 heavy (non-hydrogen) atoms. The van der Waals surface area contributed by atoms with Crippen LogP contribution in [-0.4, -0.2) is 15.0 Å². The van der Waals surface area contributed by atoms with E-state index in [1.165, 1.54) is 0 Å². The summed E-state index contributed by atoms with van der Waals surface area (Å²) >= 11 is 0. The van der Waals surface area contributed by atoms with E-state index in [1.54, 1.807) is 12.4 Å². The first-order valence-electron chi connectivity index (χ1n) is 8.22. The van der Waals surface area contributed by atoms with Crippen LogP contribution in [0.2, 0.25) is 0 Å². The van der Waals surface area contributed by atoms with Crippen molar-refractivity contribution in [1.29, 1.82) is 5.26 Å². The molecule has 1 aromatic carbocycles. The molecule has 4 rings (SSSR count). The lowest BCUT2D eigenvalue weighted by Gasteiger charge is -1.99. The maximum atomic E-state index is 9.68. The van der Waals surface area contributed by atoms with Gasteiger partial charge in [0.15, 0.2) is 11.5 Å². The highest BCUT2D eigenvalue weighted by Gasteiger charge is 2.16. The summed E-state index contributed by atoms with van der Waals surface area (Å²) in [6.45, 7) is 2.09. The number of nitriles is 1. The molecule has 0 aliphatic rings. The van der Waals surface area contributed by atoms with Crippen molar-refractivity contribution in [2.75, 3.05) is 0 Å². The van der Waals surface area contributed by atoms with Gasteiger partial charge in [-0.1, -0.05) is 13.0 Å². The van der Waals surface area contributed by atoms with Gasteiger partial charge in [0.1, 0.15) is 5.52 Å². The number of allylic oxidation sites excluding steroid dienone is 1. The number of fused-ring (bicyclic) bond motifs is 3. The number of rotatable bonds is 4. The van der Waals surface area contributed by atoms with Crippen molar-refractivity contribution in [2.45, 2.75) is 19.8 Å². The highest BCUT2D eigenvalue weighted by atomic mass is 16.3. The second kappa shape index (κ2) is 6.25. The molecule has 1 N–H and O–H groups in total. The summed E-state index contributed by atoms with van der Waals surface area (Å²) in [7, 11) is 0. The van der Waals surface area contributed by atoms with Crippen molar-refractivity contribution in [2.24, 2.45) is 0 Å². The molecule has 0 saturated heterocycles. The fourth-order valence-corrected chi connectivity index (χ4v) is 2.99. The number of aryl methyl sites for hydroxylation is 1. The van der Waals surface area contributed by atoms with Gasteiger partial charge in [-0.05, 0) is 36.3 Å². The number of hydrogen-bond donors (Lipinski definition) is 1. The first-order chi connectivity index (χ1) is 12.3. The molecule has 0 aliphatic heterocycles. The van der Waals surface area contributed by atoms with E-state index >= 15 is 0 Å². The molecule has 3 aromatic heterocycles. The predicted octanol–water partition coefficient (Wildman–Crippen LogP) is 4.72. The number of nitrogens with one attached hydrogen (secondary N) is 1. The number of hydrogen-bond acceptors (Lipinski definition) is 4. The molecular formula is C20H16N4O. The largest absolute Gasteiger partial charge is 0.441 e. The fraction of sp³-hybridized carbons (Fsp3) is 0.150. The minimum atomic E-state index is 0.562. The monoisotopic (exact) mass is 328 g/mol. The van der Waals surface area contributed by atoms with Gasteiger partial charge in [-0.3, -0.25) is 4.98 Å². The maximum absolute atomic E-state index is 9.68. The summed E-state index contributed by atoms with van der Waals surface area (Å²) in [4.78, 5) is 12.0. The van der Waals surface area contributed by atoms with E-state index in [0.29, 0.717) is 5.57 Å². The first-order valence-corrected chi connectivity index (χ1v) is 8.22. The Bertz CT molecular complexity index is 1110. The lowest BCUT2D eigenvalue weighted by molar-refractivity contribution is 0.525. The van der Waals surface area contributed by atoms with Crippen LogP contribution < -0.4 is 0 Å². The Morgan fingerprint density at radius 2 is 2.28 bits per heavy atom. The van der Waals surface area contributed by atoms with Crippen LogP contribution in [0, 0.1) is 11.3 Å². The number of pyridine rings is 1. The van der Waals surface area contributed by atoms with Crippen molar-refractivity contribution < 1.29 is 4.42 Å². The Labute approximate surface area is 144 Å². The van der Waals surface area contributed by atoms with E-state index in [4.69, 9.17) is 4.42 Å². The third-order valence-corrected chi connectivity index (χ3v) is 4.12. The summed E-state index contributed by atoms with van der Waals surface area (Å²) in [5.74, 6) is 0.729. The molecule has 122 valence electrons. The second-order valence-corrected chi connectivity index (χ2v) is 5.85. The molecule has 0 bridgehead atoms. The van der Waals surface area contributed by atoms with Crippen LogP contribution in [0.1, 0.15) is 30.4 Å². The molecule has 0 saturated carbocycles. The maximum Gasteiger partial charge on any atom is 0.195 e. The third kappa shape index (κ3) is 2.68. The normalized spacial score (nSPS) is 11.9. The summed E-state index contributed by atoms with van der Waals surface area (Å²) in [6, 6.07) is 9.94. The van der Waals surface area contributed by atoms with Crippen molar-refractivity contribution in [3.05, 3.63) is 59.9 Å². The number of nitrogens with zero attached hydrogens (tertiary/aromatic N) is 3. The minimum absolute atomic E-state index is 0.562. The van der Waals surface area contributed by atoms with Crippen LogP contribution in [0.25, 0.3) is 33.7 Å². The lowest BCUT2D eigenvalue weighted by Crippen LogP contribution is -1.84. The van der Waals surface area contributed by atoms with Gasteiger partial charge in [0.05, 0.1) is 11.6 Å². The quantitative estimate of drug-likeness (QED) is 0.550. The van der Waals surface area contributed by atoms with Crippen molar-refractivity contribution in [3.8, 4) is 6.07 Å². The fourth-order valence-electron chi connectivity index (χ4n) is 2.99. The topological polar surface area (TPSA) is 78.5 Å². The Morgan fingerprint density at radius 3 is 3.04 bits per heavy atom. The van der Waals surface area contributed by atoms with Gasteiger partial charge in [-0.2, -0.15) is 5.26 Å². The van der Waals surface area contributed by atoms with Crippen molar-refractivity contribution in [3.63, 3.8) is 0 Å². The first kappa shape index (κ1) is 15.2. The van der Waals surface area contributed by atoms with Gasteiger partial charge >= 0.3 is 0 Å². The standard InChI is InChI=1S/C20H16N4O/c1-2-4-18-24-20-17(25-18)7-6-16-19(20)15(12-23-16)14(10-21)9-13-5-3-8-22-11-13/h3,5-9,11-12,23H,2,4H2,1H3/b14-9+. The molecule has 0 amide bonds. The smallest absolute Gasteiger partial charge is 0.195 e. The van der Waals surface area contributed by atoms with Crippen LogP contribution in [0.4, 0.5) is 0 Å². The molecular weight excluding hydrogens is 312 g/mol. The van der Waals surface area contributed by atoms with E-state index in [1.807, 2.05) is 36.5 Å². The molecule has 0 fully saturated rings. The van der Waals surface area contributed by atoms with Crippen LogP contribution in [0.15, 0.2) is 47.3 Å². The molecule has 5 heteroatoms. The number of aromatic nitrogens is 3. The zero-order chi connectivity index (χ0) is 17.2. The average Bonchev–Trinajstić information content (AvgIpc) is 3.24. The highest BCUT2D eigenvalue weighted by molar-refractivity contribution is 6.11. The second-order valence-electron chi connectivity index (χ2n) is 5.85. The van der Waals surface area contributed by atoms with E-state index in [2.05, 4.69) is 27.9 Å². The van der Waals surface area contributed by atoms with Crippen LogP contribution in [-0.2, 0) is 6.42 Å². The van der Waals surface area contributed by atoms with Crippen molar-refractivity contribution in [1.82, 2.24) is 15.0 Å². The van der Waals surface area contributed by atoms with E-state index < -0.39 is 0 Å². The number of oxazole rings is 1. The molecule has 0 unspecified atom stereocenters. The summed E-state index contributed by atoms with van der Waals surface area (Å²) in [5.41, 5.74) is 4.74. The van der Waals surface area contributed by atoms with Crippen molar-refractivity contribution >= 4 is 33.7 Å². The minimum Gasteiger partial charge on any atom is -0.441 e. The van der Waals surface area contributed by atoms with E-state index in [0.717, 1.165) is 51.9 Å². The number of aromatic amines is 1. The van der Waals surface area contributed by atoms with Crippen LogP contribution in [0.5, 0.6) is 0 Å². The number of benzene rings is 1. The third-order valence-electron chi connectivity index (χ3n) is 4.12. The van der Waals surface area contributed by atoms with Gasteiger partial charge in [0.2, 0.25) is 0 Å². The molecule has 0 aliphatic carbocycles. The zero-order valence-corrected chi connectivity index (χ0v) is 13.8. The van der Waals surface area contributed by atoms with Crippen LogP contribution in [0.3, 0.4) is 0 Å². The molecule has 0 spiro atoms. The molecule has 5 nitrogen and oxygen atoms in total. The Balaban J connectivity index is 1.93. The number of H-pyrrole nitrogens is 1. The predicted molar refractivity (Wildman–Crippen MR) is 97.6 cm³/mol. The Morgan fingerprint density at radius 1 is 1.36 bits per heavy atom. The summed E-state index contributed by atoms with van der Waals surface area (Å²) in [6.07, 6.45) is 8.90. The molecule has 0 atom stereocenters. The zero-order valence-electron chi connectivity index (χ0n) is 13.8. The van der Waals surface area contributed by atoms with E-state index in [-0.39, 0.29) is 0 Å². The molecule has 4 aromatic rings. The molecule has 3 heterocycles. The van der Waals surface area contributed by atoms with Gasteiger partial charge in [0, 0.05) is 41.5 Å². The summed E-state index contributed by atoms with van der Waals surface area (Å²) < 4.78 is 5.84. The van der Waals surface area contributed by atoms with Gasteiger partial charge < -0.3 is 9.40 Å². The Kier molecular flexibility index (Phi) is 3.79.